The van der Waals surface area contributed by atoms with Crippen molar-refractivity contribution >= 4 is 33.4 Å². The number of benzene rings is 1. The van der Waals surface area contributed by atoms with Crippen molar-refractivity contribution in [2.75, 3.05) is 31.1 Å². The van der Waals surface area contributed by atoms with E-state index in [1.165, 1.54) is 5.56 Å². The van der Waals surface area contributed by atoms with Gasteiger partial charge in [0.25, 0.3) is 0 Å². The Hall–Kier alpha value is -3.06. The number of hydrogen-bond acceptors (Lipinski definition) is 5. The Balaban J connectivity index is 1.42. The minimum atomic E-state index is -0.162. The number of rotatable bonds is 5. The molecule has 3 aromatic rings. The first-order valence-corrected chi connectivity index (χ1v) is 11.5. The van der Waals surface area contributed by atoms with Crippen LogP contribution in [0.1, 0.15) is 33.6 Å². The van der Waals surface area contributed by atoms with Gasteiger partial charge >= 0.3 is 0 Å². The first kappa shape index (κ1) is 22.1. The molecule has 1 aromatic carbocycles. The lowest BCUT2D eigenvalue weighted by Gasteiger charge is -2.23. The van der Waals surface area contributed by atoms with Crippen LogP contribution in [0.3, 0.4) is 0 Å². The van der Waals surface area contributed by atoms with Gasteiger partial charge in [-0.25, -0.2) is 4.98 Å². The van der Waals surface area contributed by atoms with Gasteiger partial charge in [0, 0.05) is 48.6 Å². The van der Waals surface area contributed by atoms with E-state index in [0.29, 0.717) is 30.8 Å². The number of aryl methyl sites for hydroxylation is 1. The van der Waals surface area contributed by atoms with Crippen molar-refractivity contribution in [3.63, 3.8) is 0 Å². The Morgan fingerprint density at radius 2 is 1.81 bits per heavy atom. The summed E-state index contributed by atoms with van der Waals surface area (Å²) in [5.41, 5.74) is 3.11. The molecule has 2 aromatic heterocycles. The Kier molecular flexibility index (Phi) is 6.95. The number of halogens is 1. The first-order valence-electron chi connectivity index (χ1n) is 10.7. The summed E-state index contributed by atoms with van der Waals surface area (Å²) in [4.78, 5) is 38.4. The molecule has 0 unspecified atom stereocenters. The van der Waals surface area contributed by atoms with E-state index in [4.69, 9.17) is 0 Å². The summed E-state index contributed by atoms with van der Waals surface area (Å²) in [5, 5.41) is 0. The molecule has 0 N–H and O–H groups in total. The van der Waals surface area contributed by atoms with Crippen molar-refractivity contribution in [1.82, 2.24) is 14.9 Å². The normalized spacial score (nSPS) is 14.2. The van der Waals surface area contributed by atoms with Crippen LogP contribution in [0, 0.1) is 6.92 Å². The van der Waals surface area contributed by atoms with Crippen LogP contribution in [0.4, 0.5) is 5.82 Å². The summed E-state index contributed by atoms with van der Waals surface area (Å²) in [7, 11) is 0. The Morgan fingerprint density at radius 3 is 2.59 bits per heavy atom. The summed E-state index contributed by atoms with van der Waals surface area (Å²) in [5.74, 6) is 0.742. The molecule has 32 heavy (non-hydrogen) atoms. The molecule has 1 aliphatic rings. The molecule has 4 rings (SSSR count). The number of aromatic nitrogens is 2. The van der Waals surface area contributed by atoms with Crippen LogP contribution in [0.25, 0.3) is 0 Å². The predicted octanol–water partition coefficient (Wildman–Crippen LogP) is 4.06. The van der Waals surface area contributed by atoms with E-state index < -0.39 is 0 Å². The number of carbonyl (C=O) groups excluding carboxylic acids is 2. The molecular weight excluding hydrogens is 468 g/mol. The maximum Gasteiger partial charge on any atom is 0.227 e. The number of anilines is 1. The average molecular weight is 493 g/mol. The predicted molar refractivity (Wildman–Crippen MR) is 128 cm³/mol. The lowest BCUT2D eigenvalue weighted by Crippen LogP contribution is -2.36. The van der Waals surface area contributed by atoms with Crippen molar-refractivity contribution in [2.45, 2.75) is 19.8 Å². The highest BCUT2D eigenvalue weighted by Crippen LogP contribution is 2.18. The molecule has 3 heterocycles. The van der Waals surface area contributed by atoms with Gasteiger partial charge in [0.1, 0.15) is 11.5 Å². The fourth-order valence-electron chi connectivity index (χ4n) is 3.80. The van der Waals surface area contributed by atoms with Crippen LogP contribution in [0.5, 0.6) is 0 Å². The third-order valence-electron chi connectivity index (χ3n) is 5.58. The second-order valence-electron chi connectivity index (χ2n) is 7.99. The van der Waals surface area contributed by atoms with E-state index in [9.17, 15) is 9.59 Å². The minimum Gasteiger partial charge on any atom is -0.355 e. The van der Waals surface area contributed by atoms with E-state index in [2.05, 4.69) is 30.8 Å². The number of hydrogen-bond donors (Lipinski definition) is 0. The smallest absolute Gasteiger partial charge is 0.227 e. The number of pyridine rings is 2. The molecule has 164 valence electrons. The zero-order valence-electron chi connectivity index (χ0n) is 18.0. The van der Waals surface area contributed by atoms with Gasteiger partial charge in [0.2, 0.25) is 11.7 Å². The van der Waals surface area contributed by atoms with Gasteiger partial charge in [-0.05, 0) is 53.0 Å². The van der Waals surface area contributed by atoms with Gasteiger partial charge < -0.3 is 9.80 Å². The molecule has 0 radical (unpaired) electrons. The number of carbonyl (C=O) groups is 2. The molecule has 0 spiro atoms. The Bertz CT molecular complexity index is 1120. The average Bonchev–Trinajstić information content (AvgIpc) is 3.07. The van der Waals surface area contributed by atoms with Crippen molar-refractivity contribution in [1.29, 1.82) is 0 Å². The van der Waals surface area contributed by atoms with E-state index in [0.717, 1.165) is 35.4 Å². The molecule has 7 heteroatoms. The van der Waals surface area contributed by atoms with Gasteiger partial charge in [-0.2, -0.15) is 0 Å². The summed E-state index contributed by atoms with van der Waals surface area (Å²) in [6.07, 6.45) is 4.47. The van der Waals surface area contributed by atoms with Gasteiger partial charge in [-0.3, -0.25) is 14.6 Å². The van der Waals surface area contributed by atoms with Crippen molar-refractivity contribution in [3.05, 3.63) is 87.8 Å². The van der Waals surface area contributed by atoms with Crippen molar-refractivity contribution < 1.29 is 9.59 Å². The first-order chi connectivity index (χ1) is 15.5. The molecule has 0 atom stereocenters. The molecule has 0 bridgehead atoms. The van der Waals surface area contributed by atoms with Gasteiger partial charge in [-0.15, -0.1) is 0 Å². The fraction of sp³-hybridized carbons (Fsp3) is 0.280. The Morgan fingerprint density at radius 1 is 1.00 bits per heavy atom. The topological polar surface area (TPSA) is 66.4 Å². The summed E-state index contributed by atoms with van der Waals surface area (Å²) < 4.78 is 0.752. The maximum atomic E-state index is 12.8. The number of ketones is 1. The molecule has 6 nitrogen and oxygen atoms in total. The van der Waals surface area contributed by atoms with Crippen LogP contribution in [0.2, 0.25) is 0 Å². The zero-order valence-corrected chi connectivity index (χ0v) is 19.6. The van der Waals surface area contributed by atoms with Crippen LogP contribution < -0.4 is 4.90 Å². The molecule has 1 fully saturated rings. The third-order valence-corrected chi connectivity index (χ3v) is 6.02. The van der Waals surface area contributed by atoms with Gasteiger partial charge in [-0.1, -0.05) is 35.9 Å². The lowest BCUT2D eigenvalue weighted by molar-refractivity contribution is -0.130. The molecule has 1 saturated heterocycles. The van der Waals surface area contributed by atoms with Crippen molar-refractivity contribution in [3.8, 4) is 0 Å². The van der Waals surface area contributed by atoms with E-state index in [-0.39, 0.29) is 11.7 Å². The Labute approximate surface area is 196 Å². The standard InChI is InChI=1S/C25H25BrN4O2/c1-18-6-8-19(9-7-18)14-24(31)30-11-3-10-29(12-13-30)23-5-2-4-22(28-23)25(32)20-15-21(26)17-27-16-20/h2,4-9,15-17H,3,10-14H2,1H3. The number of amides is 1. The van der Waals surface area contributed by atoms with Crippen LogP contribution in [-0.2, 0) is 11.2 Å². The second-order valence-corrected chi connectivity index (χ2v) is 8.90. The van der Waals surface area contributed by atoms with Crippen LogP contribution in [0.15, 0.2) is 65.4 Å². The molecular formula is C25H25BrN4O2. The maximum absolute atomic E-state index is 12.8. The second kappa shape index (κ2) is 10.0. The SMILES string of the molecule is Cc1ccc(CC(=O)N2CCCN(c3cccc(C(=O)c4cncc(Br)c4)n3)CC2)cc1. The van der Waals surface area contributed by atoms with Gasteiger partial charge in [0.05, 0.1) is 6.42 Å². The zero-order chi connectivity index (χ0) is 22.5. The summed E-state index contributed by atoms with van der Waals surface area (Å²) >= 11 is 3.35. The lowest BCUT2D eigenvalue weighted by atomic mass is 10.1. The highest BCUT2D eigenvalue weighted by Gasteiger charge is 2.21. The number of nitrogens with zero attached hydrogens (tertiary/aromatic N) is 4. The van der Waals surface area contributed by atoms with Crippen molar-refractivity contribution in [2.24, 2.45) is 0 Å². The largest absolute Gasteiger partial charge is 0.355 e. The molecule has 0 saturated carbocycles. The van der Waals surface area contributed by atoms with Crippen LogP contribution in [-0.4, -0.2) is 52.7 Å². The van der Waals surface area contributed by atoms with E-state index in [1.54, 1.807) is 24.5 Å². The van der Waals surface area contributed by atoms with E-state index >= 15 is 0 Å². The summed E-state index contributed by atoms with van der Waals surface area (Å²) in [6.45, 7) is 4.88. The summed E-state index contributed by atoms with van der Waals surface area (Å²) in [6, 6.07) is 15.4. The van der Waals surface area contributed by atoms with E-state index in [1.807, 2.05) is 48.2 Å². The monoisotopic (exact) mass is 492 g/mol. The van der Waals surface area contributed by atoms with Gasteiger partial charge in [0.15, 0.2) is 0 Å². The third kappa shape index (κ3) is 5.40. The highest BCUT2D eigenvalue weighted by molar-refractivity contribution is 9.10. The fourth-order valence-corrected chi connectivity index (χ4v) is 4.16. The molecule has 0 aliphatic carbocycles. The highest BCUT2D eigenvalue weighted by atomic mass is 79.9. The quantitative estimate of drug-likeness (QED) is 0.502. The molecule has 1 aliphatic heterocycles. The molecule has 1 amide bonds. The van der Waals surface area contributed by atoms with Crippen LogP contribution >= 0.6 is 15.9 Å². The minimum absolute atomic E-state index is 0.148.